The third-order valence-electron chi connectivity index (χ3n) is 3.78. The third kappa shape index (κ3) is 4.05. The lowest BCUT2D eigenvalue weighted by atomic mass is 10.1. The third-order valence-corrected chi connectivity index (χ3v) is 5.27. The minimum Gasteiger partial charge on any atom is -0.421 e. The fraction of sp³-hybridized carbons (Fsp3) is 0. The van der Waals surface area contributed by atoms with Crippen LogP contribution >= 0.6 is 46.1 Å². The summed E-state index contributed by atoms with van der Waals surface area (Å²) in [5, 5.41) is 8.42. The van der Waals surface area contributed by atoms with Gasteiger partial charge in [0.15, 0.2) is 5.58 Å². The van der Waals surface area contributed by atoms with Gasteiger partial charge in [-0.05, 0) is 35.9 Å². The summed E-state index contributed by atoms with van der Waals surface area (Å²) >= 11 is 19.3. The summed E-state index contributed by atoms with van der Waals surface area (Å²) in [5.74, 6) is 0. The van der Waals surface area contributed by atoms with Gasteiger partial charge >= 0.3 is 5.63 Å². The predicted molar refractivity (Wildman–Crippen MR) is 116 cm³/mol. The van der Waals surface area contributed by atoms with Crippen molar-refractivity contribution in [2.24, 2.45) is 5.10 Å². The quantitative estimate of drug-likeness (QED) is 0.224. The van der Waals surface area contributed by atoms with Crippen molar-refractivity contribution in [2.75, 3.05) is 5.43 Å². The van der Waals surface area contributed by atoms with Crippen LogP contribution in [0, 0.1) is 0 Å². The van der Waals surface area contributed by atoms with Crippen molar-refractivity contribution in [2.45, 2.75) is 0 Å². The van der Waals surface area contributed by atoms with E-state index in [1.807, 2.05) is 12.1 Å². The average molecular weight is 451 g/mol. The van der Waals surface area contributed by atoms with Gasteiger partial charge in [-0.25, -0.2) is 9.78 Å². The molecule has 0 unspecified atom stereocenters. The van der Waals surface area contributed by atoms with Crippen LogP contribution in [0.3, 0.4) is 0 Å². The molecule has 0 spiro atoms. The Kier molecular flexibility index (Phi) is 5.37. The van der Waals surface area contributed by atoms with Crippen LogP contribution in [-0.4, -0.2) is 11.2 Å². The highest BCUT2D eigenvalue weighted by Gasteiger charge is 2.13. The minimum atomic E-state index is -0.529. The summed E-state index contributed by atoms with van der Waals surface area (Å²) in [6, 6.07) is 12.1. The van der Waals surface area contributed by atoms with E-state index < -0.39 is 5.63 Å². The molecule has 4 rings (SSSR count). The Balaban J connectivity index is 1.59. The summed E-state index contributed by atoms with van der Waals surface area (Å²) in [4.78, 5) is 16.7. The number of hydrogen-bond donors (Lipinski definition) is 1. The first-order valence-corrected chi connectivity index (χ1v) is 9.94. The van der Waals surface area contributed by atoms with Crippen LogP contribution in [-0.2, 0) is 0 Å². The normalized spacial score (nSPS) is 11.4. The SMILES string of the molecule is O=c1oc2c(Cl)cc(Cl)cc2cc1-c1csc(N/N=C/c2ccc(Cl)cc2)n1. The highest BCUT2D eigenvalue weighted by atomic mass is 35.5. The number of anilines is 1. The van der Waals surface area contributed by atoms with Crippen molar-refractivity contribution in [1.29, 1.82) is 0 Å². The largest absolute Gasteiger partial charge is 0.421 e. The second-order valence-corrected chi connectivity index (χ2v) is 7.85. The predicted octanol–water partition coefficient (Wildman–Crippen LogP) is 6.32. The number of hydrazone groups is 1. The molecule has 0 saturated heterocycles. The molecule has 0 radical (unpaired) electrons. The molecule has 2 aromatic heterocycles. The number of fused-ring (bicyclic) bond motifs is 1. The molecule has 0 amide bonds. The first-order chi connectivity index (χ1) is 13.5. The monoisotopic (exact) mass is 449 g/mol. The molecule has 0 saturated carbocycles. The number of hydrogen-bond acceptors (Lipinski definition) is 6. The lowest BCUT2D eigenvalue weighted by molar-refractivity contribution is 0.563. The fourth-order valence-electron chi connectivity index (χ4n) is 2.50. The molecule has 9 heteroatoms. The zero-order valence-electron chi connectivity index (χ0n) is 13.9. The Bertz CT molecular complexity index is 1250. The van der Waals surface area contributed by atoms with Crippen LogP contribution in [0.1, 0.15) is 5.56 Å². The number of nitrogens with one attached hydrogen (secondary N) is 1. The molecule has 4 aromatic rings. The molecule has 0 aliphatic rings. The molecule has 1 N–H and O–H groups in total. The number of rotatable bonds is 4. The first-order valence-electron chi connectivity index (χ1n) is 7.93. The maximum absolute atomic E-state index is 12.4. The van der Waals surface area contributed by atoms with E-state index >= 15 is 0 Å². The van der Waals surface area contributed by atoms with Gasteiger partial charge in [-0.1, -0.05) is 46.9 Å². The molecule has 2 aromatic carbocycles. The maximum Gasteiger partial charge on any atom is 0.345 e. The van der Waals surface area contributed by atoms with Crippen LogP contribution in [0.2, 0.25) is 15.1 Å². The molecule has 0 aliphatic heterocycles. The number of aromatic nitrogens is 1. The van der Waals surface area contributed by atoms with Crippen molar-refractivity contribution in [3.8, 4) is 11.3 Å². The van der Waals surface area contributed by atoms with Gasteiger partial charge in [0.25, 0.3) is 0 Å². The van der Waals surface area contributed by atoms with Crippen LogP contribution < -0.4 is 11.1 Å². The van der Waals surface area contributed by atoms with E-state index in [1.54, 1.807) is 35.9 Å². The van der Waals surface area contributed by atoms with Gasteiger partial charge in [0.05, 0.1) is 22.5 Å². The Morgan fingerprint density at radius 3 is 2.64 bits per heavy atom. The number of nitrogens with zero attached hydrogens (tertiary/aromatic N) is 2. The first kappa shape index (κ1) is 19.0. The molecule has 140 valence electrons. The molecule has 0 bridgehead atoms. The summed E-state index contributed by atoms with van der Waals surface area (Å²) in [5.41, 5.74) is 4.28. The van der Waals surface area contributed by atoms with Gasteiger partial charge in [-0.2, -0.15) is 5.10 Å². The standard InChI is InChI=1S/C19H10Cl3N3O2S/c20-12-3-1-10(2-4-12)8-23-25-19-24-16(9-28-19)14-6-11-5-13(21)7-15(22)17(11)27-18(14)26/h1-9H,(H,24,25)/b23-8+. The van der Waals surface area contributed by atoms with E-state index in [-0.39, 0.29) is 5.02 Å². The lowest BCUT2D eigenvalue weighted by Gasteiger charge is -2.02. The zero-order valence-corrected chi connectivity index (χ0v) is 17.0. The van der Waals surface area contributed by atoms with Gasteiger partial charge in [-0.3, -0.25) is 5.43 Å². The van der Waals surface area contributed by atoms with E-state index in [0.717, 1.165) is 5.56 Å². The second kappa shape index (κ2) is 7.93. The van der Waals surface area contributed by atoms with E-state index in [2.05, 4.69) is 15.5 Å². The van der Waals surface area contributed by atoms with Crippen LogP contribution in [0.4, 0.5) is 5.13 Å². The summed E-state index contributed by atoms with van der Waals surface area (Å²) < 4.78 is 5.35. The molecule has 5 nitrogen and oxygen atoms in total. The van der Waals surface area contributed by atoms with E-state index in [4.69, 9.17) is 39.2 Å². The molecular formula is C19H10Cl3N3O2S. The highest BCUT2D eigenvalue weighted by molar-refractivity contribution is 7.14. The van der Waals surface area contributed by atoms with Crippen LogP contribution in [0.15, 0.2) is 62.2 Å². The summed E-state index contributed by atoms with van der Waals surface area (Å²) in [6.45, 7) is 0. The van der Waals surface area contributed by atoms with Gasteiger partial charge < -0.3 is 4.42 Å². The Morgan fingerprint density at radius 1 is 1.07 bits per heavy atom. The average Bonchev–Trinajstić information content (AvgIpc) is 3.12. The molecular weight excluding hydrogens is 441 g/mol. The zero-order chi connectivity index (χ0) is 19.7. The fourth-order valence-corrected chi connectivity index (χ4v) is 3.83. The van der Waals surface area contributed by atoms with Crippen molar-refractivity contribution in [1.82, 2.24) is 4.98 Å². The number of halogens is 3. The number of thiazole rings is 1. The molecule has 28 heavy (non-hydrogen) atoms. The second-order valence-electron chi connectivity index (χ2n) is 5.71. The summed E-state index contributed by atoms with van der Waals surface area (Å²) in [6.07, 6.45) is 1.64. The highest BCUT2D eigenvalue weighted by Crippen LogP contribution is 2.30. The number of benzene rings is 2. The smallest absolute Gasteiger partial charge is 0.345 e. The molecule has 0 atom stereocenters. The lowest BCUT2D eigenvalue weighted by Crippen LogP contribution is -2.03. The van der Waals surface area contributed by atoms with Gasteiger partial charge in [0.2, 0.25) is 5.13 Å². The van der Waals surface area contributed by atoms with Crippen LogP contribution in [0.25, 0.3) is 22.2 Å². The Morgan fingerprint density at radius 2 is 1.86 bits per heavy atom. The van der Waals surface area contributed by atoms with Crippen molar-refractivity contribution in [3.05, 3.63) is 78.9 Å². The Hall–Kier alpha value is -2.38. The molecule has 0 aliphatic carbocycles. The van der Waals surface area contributed by atoms with Crippen molar-refractivity contribution < 1.29 is 4.42 Å². The van der Waals surface area contributed by atoms with Gasteiger partial charge in [-0.15, -0.1) is 11.3 Å². The van der Waals surface area contributed by atoms with E-state index in [1.165, 1.54) is 17.4 Å². The molecule has 2 heterocycles. The van der Waals surface area contributed by atoms with Crippen molar-refractivity contribution in [3.63, 3.8) is 0 Å². The maximum atomic E-state index is 12.4. The molecule has 0 fully saturated rings. The minimum absolute atomic E-state index is 0.281. The van der Waals surface area contributed by atoms with Gasteiger partial charge in [0, 0.05) is 20.8 Å². The Labute approximate surface area is 178 Å². The topological polar surface area (TPSA) is 67.5 Å². The van der Waals surface area contributed by atoms with Crippen LogP contribution in [0.5, 0.6) is 0 Å². The van der Waals surface area contributed by atoms with E-state index in [9.17, 15) is 4.79 Å². The van der Waals surface area contributed by atoms with E-state index in [0.29, 0.717) is 37.4 Å². The van der Waals surface area contributed by atoms with Gasteiger partial charge in [0.1, 0.15) is 0 Å². The van der Waals surface area contributed by atoms with Crippen molar-refractivity contribution >= 4 is 68.5 Å². The summed E-state index contributed by atoms with van der Waals surface area (Å²) in [7, 11) is 0.